The first-order valence-corrected chi connectivity index (χ1v) is 8.69. The largest absolute Gasteiger partial charge is 0.355 e. The lowest BCUT2D eigenvalue weighted by Gasteiger charge is -2.26. The molecular weight excluding hydrogens is 302 g/mol. The summed E-state index contributed by atoms with van der Waals surface area (Å²) < 4.78 is 0. The maximum atomic E-state index is 11.8. The number of carbonyl (C=O) groups excluding carboxylic acids is 2. The van der Waals surface area contributed by atoms with Crippen LogP contribution in [0.5, 0.6) is 0 Å². The van der Waals surface area contributed by atoms with Crippen molar-refractivity contribution in [2.45, 2.75) is 25.7 Å². The zero-order valence-corrected chi connectivity index (χ0v) is 14.4. The molecule has 1 fully saturated rings. The molecule has 0 saturated carbocycles. The molecular formula is C19H27N3O2. The van der Waals surface area contributed by atoms with Gasteiger partial charge in [-0.15, -0.1) is 0 Å². The van der Waals surface area contributed by atoms with E-state index in [1.807, 2.05) is 12.1 Å². The first-order chi connectivity index (χ1) is 11.7. The van der Waals surface area contributed by atoms with Gasteiger partial charge in [-0.3, -0.25) is 9.59 Å². The summed E-state index contributed by atoms with van der Waals surface area (Å²) in [5, 5.41) is 5.49. The first-order valence-electron chi connectivity index (χ1n) is 8.69. The summed E-state index contributed by atoms with van der Waals surface area (Å²) in [5.41, 5.74) is 1.50. The minimum absolute atomic E-state index is 0.0796. The summed E-state index contributed by atoms with van der Waals surface area (Å²) in [5.74, 6) is -0.194. The van der Waals surface area contributed by atoms with Crippen molar-refractivity contribution in [3.63, 3.8) is 0 Å². The second kappa shape index (κ2) is 9.88. The van der Waals surface area contributed by atoms with Gasteiger partial charge in [0.2, 0.25) is 5.91 Å². The molecule has 1 aromatic carbocycles. The van der Waals surface area contributed by atoms with E-state index in [1.54, 1.807) is 25.3 Å². The highest BCUT2D eigenvalue weighted by atomic mass is 16.2. The van der Waals surface area contributed by atoms with Gasteiger partial charge in [0.1, 0.15) is 0 Å². The molecule has 0 bridgehead atoms. The molecule has 1 aliphatic rings. The number of rotatable bonds is 7. The van der Waals surface area contributed by atoms with E-state index in [1.165, 1.54) is 38.4 Å². The van der Waals surface area contributed by atoms with Crippen LogP contribution in [-0.2, 0) is 4.79 Å². The molecule has 0 aromatic heterocycles. The zero-order valence-electron chi connectivity index (χ0n) is 14.4. The topological polar surface area (TPSA) is 61.4 Å². The zero-order chi connectivity index (χ0) is 17.2. The molecule has 24 heavy (non-hydrogen) atoms. The van der Waals surface area contributed by atoms with Crippen molar-refractivity contribution in [3.05, 3.63) is 41.5 Å². The summed E-state index contributed by atoms with van der Waals surface area (Å²) >= 11 is 0. The quantitative estimate of drug-likeness (QED) is 0.594. The number of nitrogens with one attached hydrogen (secondary N) is 2. The van der Waals surface area contributed by atoms with Crippen LogP contribution < -0.4 is 10.6 Å². The highest BCUT2D eigenvalue weighted by molar-refractivity contribution is 5.94. The van der Waals surface area contributed by atoms with Crippen molar-refractivity contribution in [2.24, 2.45) is 0 Å². The SMILES string of the molecule is CNC(=O)c1ccc(/C=C/C(=O)NCCCN2CCCCC2)cc1. The Bertz CT molecular complexity index is 560. The molecule has 0 aliphatic carbocycles. The molecule has 0 unspecified atom stereocenters. The van der Waals surface area contributed by atoms with Crippen LogP contribution in [-0.4, -0.2) is 49.9 Å². The number of likely N-dealkylation sites (tertiary alicyclic amines) is 1. The Morgan fingerprint density at radius 1 is 1.12 bits per heavy atom. The third-order valence-corrected chi connectivity index (χ3v) is 4.23. The van der Waals surface area contributed by atoms with E-state index in [2.05, 4.69) is 15.5 Å². The Morgan fingerprint density at radius 2 is 1.83 bits per heavy atom. The van der Waals surface area contributed by atoms with Crippen LogP contribution in [0.1, 0.15) is 41.6 Å². The summed E-state index contributed by atoms with van der Waals surface area (Å²) in [7, 11) is 1.60. The van der Waals surface area contributed by atoms with Gasteiger partial charge in [0.25, 0.3) is 5.91 Å². The van der Waals surface area contributed by atoms with Gasteiger partial charge in [-0.25, -0.2) is 0 Å². The van der Waals surface area contributed by atoms with Gasteiger partial charge < -0.3 is 15.5 Å². The molecule has 0 spiro atoms. The Balaban J connectivity index is 1.67. The Morgan fingerprint density at radius 3 is 2.50 bits per heavy atom. The number of nitrogens with zero attached hydrogens (tertiary/aromatic N) is 1. The molecule has 2 N–H and O–H groups in total. The van der Waals surface area contributed by atoms with Crippen molar-refractivity contribution in [2.75, 3.05) is 33.2 Å². The van der Waals surface area contributed by atoms with Crippen molar-refractivity contribution >= 4 is 17.9 Å². The van der Waals surface area contributed by atoms with Crippen molar-refractivity contribution in [3.8, 4) is 0 Å². The third-order valence-electron chi connectivity index (χ3n) is 4.23. The van der Waals surface area contributed by atoms with Crippen molar-refractivity contribution in [1.29, 1.82) is 0 Å². The molecule has 1 heterocycles. The molecule has 2 rings (SSSR count). The minimum atomic E-state index is -0.114. The lowest BCUT2D eigenvalue weighted by atomic mass is 10.1. The van der Waals surface area contributed by atoms with E-state index in [0.29, 0.717) is 12.1 Å². The van der Waals surface area contributed by atoms with Gasteiger partial charge in [-0.2, -0.15) is 0 Å². The Kier molecular flexibility index (Phi) is 7.49. The molecule has 5 nitrogen and oxygen atoms in total. The van der Waals surface area contributed by atoms with E-state index in [9.17, 15) is 9.59 Å². The molecule has 1 saturated heterocycles. The summed E-state index contributed by atoms with van der Waals surface area (Å²) in [6.07, 6.45) is 8.23. The molecule has 130 valence electrons. The summed E-state index contributed by atoms with van der Waals surface area (Å²) in [6, 6.07) is 7.14. The maximum Gasteiger partial charge on any atom is 0.251 e. The molecule has 0 radical (unpaired) electrons. The lowest BCUT2D eigenvalue weighted by molar-refractivity contribution is -0.116. The van der Waals surface area contributed by atoms with Gasteiger partial charge >= 0.3 is 0 Å². The van der Waals surface area contributed by atoms with E-state index in [-0.39, 0.29) is 11.8 Å². The maximum absolute atomic E-state index is 11.8. The van der Waals surface area contributed by atoms with E-state index < -0.39 is 0 Å². The number of amides is 2. The highest BCUT2D eigenvalue weighted by Crippen LogP contribution is 2.08. The summed E-state index contributed by atoms with van der Waals surface area (Å²) in [6.45, 7) is 4.15. The normalized spacial score (nSPS) is 15.4. The molecule has 5 heteroatoms. The van der Waals surface area contributed by atoms with E-state index in [4.69, 9.17) is 0 Å². The van der Waals surface area contributed by atoms with Crippen LogP contribution in [0.2, 0.25) is 0 Å². The summed E-state index contributed by atoms with van der Waals surface area (Å²) in [4.78, 5) is 25.7. The standard InChI is InChI=1S/C19H27N3O2/c1-20-19(24)17-9-6-16(7-10-17)8-11-18(23)21-12-5-15-22-13-3-2-4-14-22/h6-11H,2-5,12-15H2,1H3,(H,20,24)(H,21,23)/b11-8+. The van der Waals surface area contributed by atoms with E-state index >= 15 is 0 Å². The number of piperidine rings is 1. The number of hydrogen-bond donors (Lipinski definition) is 2. The smallest absolute Gasteiger partial charge is 0.251 e. The fourth-order valence-electron chi connectivity index (χ4n) is 2.82. The predicted octanol–water partition coefficient (Wildman–Crippen LogP) is 2.05. The highest BCUT2D eigenvalue weighted by Gasteiger charge is 2.08. The van der Waals surface area contributed by atoms with Crippen molar-refractivity contribution in [1.82, 2.24) is 15.5 Å². The average Bonchev–Trinajstić information content (AvgIpc) is 2.64. The Labute approximate surface area is 144 Å². The van der Waals surface area contributed by atoms with Crippen LogP contribution in [0.4, 0.5) is 0 Å². The molecule has 0 atom stereocenters. The second-order valence-corrected chi connectivity index (χ2v) is 6.08. The van der Waals surface area contributed by atoms with Crippen LogP contribution in [0.15, 0.2) is 30.3 Å². The van der Waals surface area contributed by atoms with Crippen molar-refractivity contribution < 1.29 is 9.59 Å². The monoisotopic (exact) mass is 329 g/mol. The van der Waals surface area contributed by atoms with Crippen LogP contribution in [0.3, 0.4) is 0 Å². The van der Waals surface area contributed by atoms with Crippen LogP contribution in [0, 0.1) is 0 Å². The third kappa shape index (κ3) is 6.16. The predicted molar refractivity (Wildman–Crippen MR) is 96.8 cm³/mol. The molecule has 1 aliphatic heterocycles. The van der Waals surface area contributed by atoms with Gasteiger partial charge in [-0.1, -0.05) is 18.6 Å². The lowest BCUT2D eigenvalue weighted by Crippen LogP contribution is -2.33. The van der Waals surface area contributed by atoms with Crippen LogP contribution >= 0.6 is 0 Å². The minimum Gasteiger partial charge on any atom is -0.355 e. The first kappa shape index (κ1) is 18.2. The fourth-order valence-corrected chi connectivity index (χ4v) is 2.82. The fraction of sp³-hybridized carbons (Fsp3) is 0.474. The van der Waals surface area contributed by atoms with Gasteiger partial charge in [0.05, 0.1) is 0 Å². The molecule has 2 amide bonds. The Hall–Kier alpha value is -2.14. The van der Waals surface area contributed by atoms with E-state index in [0.717, 1.165) is 18.5 Å². The number of benzene rings is 1. The molecule has 1 aromatic rings. The second-order valence-electron chi connectivity index (χ2n) is 6.08. The van der Waals surface area contributed by atoms with Crippen LogP contribution in [0.25, 0.3) is 6.08 Å². The number of hydrogen-bond acceptors (Lipinski definition) is 3. The van der Waals surface area contributed by atoms with Gasteiger partial charge in [-0.05, 0) is 62.7 Å². The number of carbonyl (C=O) groups is 2. The average molecular weight is 329 g/mol. The van der Waals surface area contributed by atoms with Gasteiger partial charge in [0.15, 0.2) is 0 Å². The van der Waals surface area contributed by atoms with Gasteiger partial charge in [0, 0.05) is 25.2 Å².